The van der Waals surface area contributed by atoms with Crippen LogP contribution in [0.5, 0.6) is 0 Å². The standard InChI is InChI=1S/C15H26N2O/c18-12-17-10-4-2-6-15(17)13-7-8-14-5-1-3-9-16(14)11-13/h12-15H,1-11H2/t13-,14-,15+/m1/s1. The van der Waals surface area contributed by atoms with Crippen LogP contribution in [0.15, 0.2) is 0 Å². The third kappa shape index (κ3) is 2.42. The van der Waals surface area contributed by atoms with Crippen molar-refractivity contribution in [2.75, 3.05) is 19.6 Å². The number of piperidine rings is 3. The molecule has 3 aliphatic heterocycles. The molecule has 0 radical (unpaired) electrons. The molecule has 18 heavy (non-hydrogen) atoms. The molecule has 0 bridgehead atoms. The largest absolute Gasteiger partial charge is 0.342 e. The molecule has 3 atom stereocenters. The first kappa shape index (κ1) is 12.5. The van der Waals surface area contributed by atoms with Crippen molar-refractivity contribution in [2.45, 2.75) is 63.5 Å². The van der Waals surface area contributed by atoms with Gasteiger partial charge in [-0.3, -0.25) is 4.79 Å². The van der Waals surface area contributed by atoms with Crippen LogP contribution in [0.3, 0.4) is 0 Å². The van der Waals surface area contributed by atoms with Crippen LogP contribution in [-0.4, -0.2) is 47.9 Å². The van der Waals surface area contributed by atoms with Gasteiger partial charge in [-0.05, 0) is 57.4 Å². The molecule has 3 heterocycles. The maximum Gasteiger partial charge on any atom is 0.209 e. The lowest BCUT2D eigenvalue weighted by atomic mass is 9.81. The Morgan fingerprint density at radius 1 is 0.889 bits per heavy atom. The topological polar surface area (TPSA) is 23.6 Å². The van der Waals surface area contributed by atoms with Gasteiger partial charge < -0.3 is 9.80 Å². The van der Waals surface area contributed by atoms with E-state index in [2.05, 4.69) is 9.80 Å². The predicted molar refractivity (Wildman–Crippen MR) is 72.3 cm³/mol. The SMILES string of the molecule is O=CN1CCCC[C@H]1[C@@H]1CC[C@H]2CCCCN2C1. The van der Waals surface area contributed by atoms with Crippen LogP contribution in [0.25, 0.3) is 0 Å². The minimum Gasteiger partial charge on any atom is -0.342 e. The maximum absolute atomic E-state index is 11.2. The van der Waals surface area contributed by atoms with E-state index in [4.69, 9.17) is 0 Å². The number of rotatable bonds is 2. The molecule has 0 aromatic rings. The monoisotopic (exact) mass is 250 g/mol. The van der Waals surface area contributed by atoms with E-state index in [1.165, 1.54) is 64.5 Å². The van der Waals surface area contributed by atoms with E-state index in [0.717, 1.165) is 24.9 Å². The van der Waals surface area contributed by atoms with Gasteiger partial charge in [-0.25, -0.2) is 0 Å². The van der Waals surface area contributed by atoms with Gasteiger partial charge in [0.15, 0.2) is 0 Å². The zero-order valence-electron chi connectivity index (χ0n) is 11.4. The molecule has 0 aromatic heterocycles. The van der Waals surface area contributed by atoms with Gasteiger partial charge in [0, 0.05) is 25.2 Å². The summed E-state index contributed by atoms with van der Waals surface area (Å²) < 4.78 is 0. The molecule has 0 saturated carbocycles. The highest BCUT2D eigenvalue weighted by Crippen LogP contribution is 2.34. The van der Waals surface area contributed by atoms with Crippen LogP contribution in [-0.2, 0) is 4.79 Å². The molecular weight excluding hydrogens is 224 g/mol. The van der Waals surface area contributed by atoms with Gasteiger partial charge in [-0.15, -0.1) is 0 Å². The van der Waals surface area contributed by atoms with Crippen molar-refractivity contribution in [3.63, 3.8) is 0 Å². The fourth-order valence-electron chi connectivity index (χ4n) is 4.36. The Hall–Kier alpha value is -0.570. The number of amides is 1. The molecule has 0 aromatic carbocycles. The first-order valence-corrected chi connectivity index (χ1v) is 7.83. The molecule has 0 unspecified atom stereocenters. The number of fused-ring (bicyclic) bond motifs is 1. The van der Waals surface area contributed by atoms with Gasteiger partial charge >= 0.3 is 0 Å². The lowest BCUT2D eigenvalue weighted by Gasteiger charge is -2.47. The second-order valence-corrected chi connectivity index (χ2v) is 6.39. The van der Waals surface area contributed by atoms with Crippen molar-refractivity contribution in [3.05, 3.63) is 0 Å². The average Bonchev–Trinajstić information content (AvgIpc) is 2.46. The predicted octanol–water partition coefficient (Wildman–Crippen LogP) is 2.26. The van der Waals surface area contributed by atoms with Gasteiger partial charge in [-0.2, -0.15) is 0 Å². The summed E-state index contributed by atoms with van der Waals surface area (Å²) in [6.45, 7) is 3.54. The van der Waals surface area contributed by atoms with Gasteiger partial charge in [-0.1, -0.05) is 6.42 Å². The number of carbonyl (C=O) groups excluding carboxylic acids is 1. The van der Waals surface area contributed by atoms with E-state index in [9.17, 15) is 4.79 Å². The van der Waals surface area contributed by atoms with Crippen molar-refractivity contribution in [2.24, 2.45) is 5.92 Å². The highest BCUT2D eigenvalue weighted by molar-refractivity contribution is 5.48. The molecule has 3 heteroatoms. The second kappa shape index (κ2) is 5.60. The fraction of sp³-hybridized carbons (Fsp3) is 0.933. The molecule has 3 fully saturated rings. The van der Waals surface area contributed by atoms with Crippen LogP contribution in [0.1, 0.15) is 51.4 Å². The van der Waals surface area contributed by atoms with Crippen LogP contribution in [0.2, 0.25) is 0 Å². The highest BCUT2D eigenvalue weighted by atomic mass is 16.1. The Labute approximate surface area is 111 Å². The number of likely N-dealkylation sites (tertiary alicyclic amines) is 1. The molecule has 0 N–H and O–H groups in total. The first-order chi connectivity index (χ1) is 8.88. The number of hydrogen-bond acceptors (Lipinski definition) is 2. The Morgan fingerprint density at radius 3 is 2.61 bits per heavy atom. The maximum atomic E-state index is 11.2. The van der Waals surface area contributed by atoms with Crippen molar-refractivity contribution >= 4 is 6.41 Å². The van der Waals surface area contributed by atoms with E-state index >= 15 is 0 Å². The van der Waals surface area contributed by atoms with Crippen molar-refractivity contribution in [1.82, 2.24) is 9.80 Å². The van der Waals surface area contributed by atoms with Crippen LogP contribution in [0, 0.1) is 5.92 Å². The van der Waals surface area contributed by atoms with Gasteiger partial charge in [0.2, 0.25) is 6.41 Å². The minimum absolute atomic E-state index is 0.541. The van der Waals surface area contributed by atoms with E-state index in [1.807, 2.05) is 0 Å². The van der Waals surface area contributed by atoms with Crippen LogP contribution >= 0.6 is 0 Å². The normalized spacial score (nSPS) is 38.2. The lowest BCUT2D eigenvalue weighted by molar-refractivity contribution is -0.123. The number of hydrogen-bond donors (Lipinski definition) is 0. The van der Waals surface area contributed by atoms with E-state index in [0.29, 0.717) is 6.04 Å². The summed E-state index contributed by atoms with van der Waals surface area (Å²) in [5.74, 6) is 0.741. The van der Waals surface area contributed by atoms with Gasteiger partial charge in [0.1, 0.15) is 0 Å². The van der Waals surface area contributed by atoms with Crippen molar-refractivity contribution in [1.29, 1.82) is 0 Å². The summed E-state index contributed by atoms with van der Waals surface area (Å²) in [4.78, 5) is 16.0. The summed E-state index contributed by atoms with van der Waals surface area (Å²) in [6, 6.07) is 1.40. The van der Waals surface area contributed by atoms with Gasteiger partial charge in [0.05, 0.1) is 0 Å². The number of carbonyl (C=O) groups is 1. The van der Waals surface area contributed by atoms with Crippen molar-refractivity contribution < 1.29 is 4.79 Å². The van der Waals surface area contributed by atoms with Crippen LogP contribution in [0.4, 0.5) is 0 Å². The Bertz CT molecular complexity index is 294. The van der Waals surface area contributed by atoms with E-state index in [-0.39, 0.29) is 0 Å². The quantitative estimate of drug-likeness (QED) is 0.702. The first-order valence-electron chi connectivity index (χ1n) is 7.83. The fourth-order valence-corrected chi connectivity index (χ4v) is 4.36. The molecule has 3 rings (SSSR count). The molecule has 0 aliphatic carbocycles. The summed E-state index contributed by atoms with van der Waals surface area (Å²) in [5.41, 5.74) is 0. The molecule has 1 amide bonds. The second-order valence-electron chi connectivity index (χ2n) is 6.39. The third-order valence-electron chi connectivity index (χ3n) is 5.36. The third-order valence-corrected chi connectivity index (χ3v) is 5.36. The zero-order valence-corrected chi connectivity index (χ0v) is 11.4. The van der Waals surface area contributed by atoms with E-state index < -0.39 is 0 Å². The van der Waals surface area contributed by atoms with E-state index in [1.54, 1.807) is 0 Å². The summed E-state index contributed by atoms with van der Waals surface area (Å²) in [7, 11) is 0. The average molecular weight is 250 g/mol. The summed E-state index contributed by atoms with van der Waals surface area (Å²) >= 11 is 0. The molecule has 3 aliphatic rings. The van der Waals surface area contributed by atoms with Crippen molar-refractivity contribution in [3.8, 4) is 0 Å². The highest BCUT2D eigenvalue weighted by Gasteiger charge is 2.36. The Morgan fingerprint density at radius 2 is 1.72 bits per heavy atom. The Balaban J connectivity index is 1.63. The molecule has 102 valence electrons. The lowest BCUT2D eigenvalue weighted by Crippen LogP contribution is -2.53. The summed E-state index contributed by atoms with van der Waals surface area (Å²) in [6.07, 6.45) is 11.8. The van der Waals surface area contributed by atoms with Crippen LogP contribution < -0.4 is 0 Å². The molecule has 3 saturated heterocycles. The zero-order chi connectivity index (χ0) is 12.4. The minimum atomic E-state index is 0.541. The Kier molecular flexibility index (Phi) is 3.88. The molecular formula is C15H26N2O. The summed E-state index contributed by atoms with van der Waals surface area (Å²) in [5, 5.41) is 0. The molecule has 3 nitrogen and oxygen atoms in total. The number of nitrogens with zero attached hydrogens (tertiary/aromatic N) is 2. The van der Waals surface area contributed by atoms with Gasteiger partial charge in [0.25, 0.3) is 0 Å². The smallest absolute Gasteiger partial charge is 0.209 e. The molecule has 0 spiro atoms.